The molecule has 0 amide bonds. The summed E-state index contributed by atoms with van der Waals surface area (Å²) in [6.45, 7) is 7.05. The number of pyridine rings is 1. The van der Waals surface area contributed by atoms with Gasteiger partial charge in [-0.2, -0.15) is 4.57 Å². The van der Waals surface area contributed by atoms with Gasteiger partial charge in [0.05, 0.1) is 16.4 Å². The molecule has 4 rings (SSSR count). The van der Waals surface area contributed by atoms with E-state index in [1.807, 2.05) is 0 Å². The molecule has 1 nitrogen and oxygen atoms in total. The SMILES string of the molecule is CCC1[n+]2ccc3ccccc3c2-c2ccccc2C1(CC)CC. The predicted octanol–water partition coefficient (Wildman–Crippen LogP) is 5.82. The molecule has 1 aliphatic rings. The smallest absolute Gasteiger partial charge is 0.194 e. The molecule has 2 heterocycles. The molecule has 1 heteroatoms. The Kier molecular flexibility index (Phi) is 3.68. The van der Waals surface area contributed by atoms with Crippen molar-refractivity contribution >= 4 is 10.8 Å². The molecule has 24 heavy (non-hydrogen) atoms. The maximum Gasteiger partial charge on any atom is 0.220 e. The number of rotatable bonds is 3. The van der Waals surface area contributed by atoms with Gasteiger partial charge in [-0.25, -0.2) is 0 Å². The predicted molar refractivity (Wildman–Crippen MR) is 101 cm³/mol. The first-order chi connectivity index (χ1) is 11.8. The second-order valence-electron chi connectivity index (χ2n) is 6.99. The zero-order chi connectivity index (χ0) is 16.7. The molecule has 0 radical (unpaired) electrons. The van der Waals surface area contributed by atoms with Gasteiger partial charge in [0, 0.05) is 12.5 Å². The lowest BCUT2D eigenvalue weighted by Gasteiger charge is -2.41. The van der Waals surface area contributed by atoms with E-state index >= 15 is 0 Å². The van der Waals surface area contributed by atoms with Gasteiger partial charge in [0.25, 0.3) is 0 Å². The van der Waals surface area contributed by atoms with Gasteiger partial charge in [-0.3, -0.25) is 0 Å². The number of fused-ring (bicyclic) bond motifs is 5. The monoisotopic (exact) mass is 316 g/mol. The highest BCUT2D eigenvalue weighted by Gasteiger charge is 2.49. The highest BCUT2D eigenvalue weighted by atomic mass is 15.0. The van der Waals surface area contributed by atoms with Crippen LogP contribution in [0.1, 0.15) is 51.6 Å². The Balaban J connectivity index is 2.15. The molecule has 0 bridgehead atoms. The summed E-state index contributed by atoms with van der Waals surface area (Å²) >= 11 is 0. The minimum atomic E-state index is 0.228. The van der Waals surface area contributed by atoms with E-state index < -0.39 is 0 Å². The average Bonchev–Trinajstić information content (AvgIpc) is 2.66. The van der Waals surface area contributed by atoms with Gasteiger partial charge >= 0.3 is 0 Å². The normalized spacial score (nSPS) is 18.2. The van der Waals surface area contributed by atoms with Crippen LogP contribution in [0.15, 0.2) is 60.8 Å². The summed E-state index contributed by atoms with van der Waals surface area (Å²) in [5, 5.41) is 2.70. The molecule has 0 spiro atoms. The topological polar surface area (TPSA) is 3.88 Å². The summed E-state index contributed by atoms with van der Waals surface area (Å²) in [4.78, 5) is 0. The molecule has 2 aromatic carbocycles. The van der Waals surface area contributed by atoms with Crippen LogP contribution in [0.25, 0.3) is 22.0 Å². The first-order valence-electron chi connectivity index (χ1n) is 9.29. The first kappa shape index (κ1) is 15.4. The second kappa shape index (κ2) is 5.73. The van der Waals surface area contributed by atoms with Crippen LogP contribution >= 0.6 is 0 Å². The number of hydrogen-bond acceptors (Lipinski definition) is 0. The molecule has 0 saturated heterocycles. The Morgan fingerprint density at radius 1 is 0.875 bits per heavy atom. The molecule has 1 unspecified atom stereocenters. The molecule has 0 fully saturated rings. The Bertz CT molecular complexity index is 889. The largest absolute Gasteiger partial charge is 0.220 e. The number of nitrogens with zero attached hydrogens (tertiary/aromatic N) is 1. The zero-order valence-electron chi connectivity index (χ0n) is 14.9. The first-order valence-corrected chi connectivity index (χ1v) is 9.29. The highest BCUT2D eigenvalue weighted by Crippen LogP contribution is 2.49. The van der Waals surface area contributed by atoms with Gasteiger partial charge < -0.3 is 0 Å². The van der Waals surface area contributed by atoms with E-state index in [1.165, 1.54) is 34.9 Å². The number of benzene rings is 2. The van der Waals surface area contributed by atoms with Crippen molar-refractivity contribution in [2.24, 2.45) is 0 Å². The van der Waals surface area contributed by atoms with Crippen molar-refractivity contribution in [3.8, 4) is 11.3 Å². The van der Waals surface area contributed by atoms with Gasteiger partial charge in [-0.1, -0.05) is 57.2 Å². The van der Waals surface area contributed by atoms with E-state index in [1.54, 1.807) is 5.56 Å². The third kappa shape index (κ3) is 1.90. The minimum Gasteiger partial charge on any atom is -0.194 e. The van der Waals surface area contributed by atoms with Crippen LogP contribution in [-0.2, 0) is 5.41 Å². The van der Waals surface area contributed by atoms with E-state index in [9.17, 15) is 0 Å². The van der Waals surface area contributed by atoms with Crippen molar-refractivity contribution in [2.45, 2.75) is 51.5 Å². The van der Waals surface area contributed by atoms with Crippen molar-refractivity contribution in [1.29, 1.82) is 0 Å². The van der Waals surface area contributed by atoms with Crippen molar-refractivity contribution in [3.05, 3.63) is 66.4 Å². The molecule has 3 aromatic rings. The van der Waals surface area contributed by atoms with E-state index in [0.29, 0.717) is 6.04 Å². The fraction of sp³-hybridized carbons (Fsp3) is 0.348. The van der Waals surface area contributed by atoms with Crippen LogP contribution in [0, 0.1) is 0 Å². The van der Waals surface area contributed by atoms with E-state index in [0.717, 1.165) is 6.42 Å². The molecular formula is C23H26N+. The number of hydrogen-bond donors (Lipinski definition) is 0. The fourth-order valence-electron chi connectivity index (χ4n) is 5.04. The number of aromatic nitrogens is 1. The summed E-state index contributed by atoms with van der Waals surface area (Å²) in [6.07, 6.45) is 5.84. The molecule has 1 atom stereocenters. The molecule has 0 aliphatic carbocycles. The molecule has 0 N–H and O–H groups in total. The molecule has 122 valence electrons. The summed E-state index contributed by atoms with van der Waals surface area (Å²) in [5.41, 5.74) is 4.58. The molecule has 0 saturated carbocycles. The van der Waals surface area contributed by atoms with Crippen LogP contribution in [0.4, 0.5) is 0 Å². The van der Waals surface area contributed by atoms with E-state index in [-0.39, 0.29) is 5.41 Å². The van der Waals surface area contributed by atoms with Crippen molar-refractivity contribution in [1.82, 2.24) is 0 Å². The summed E-state index contributed by atoms with van der Waals surface area (Å²) in [6, 6.07) is 20.7. The molecule has 1 aliphatic heterocycles. The minimum absolute atomic E-state index is 0.228. The molecular weight excluding hydrogens is 290 g/mol. The zero-order valence-corrected chi connectivity index (χ0v) is 14.9. The summed E-state index contributed by atoms with van der Waals surface area (Å²) < 4.78 is 2.57. The third-order valence-corrected chi connectivity index (χ3v) is 6.23. The van der Waals surface area contributed by atoms with Gasteiger partial charge in [-0.15, -0.1) is 0 Å². The average molecular weight is 316 g/mol. The summed E-state index contributed by atoms with van der Waals surface area (Å²) in [5.74, 6) is 0. The van der Waals surface area contributed by atoms with Gasteiger partial charge in [0.2, 0.25) is 5.69 Å². The van der Waals surface area contributed by atoms with Crippen molar-refractivity contribution < 1.29 is 4.57 Å². The standard InChI is InChI=1S/C23H26N/c1-4-21-23(5-2,6-3)20-14-10-9-13-19(20)22-18-12-8-7-11-17(18)15-16-24(21)22/h7-16,21H,4-6H2,1-3H3/q+1. The van der Waals surface area contributed by atoms with Gasteiger partial charge in [0.1, 0.15) is 0 Å². The lowest BCUT2D eigenvalue weighted by molar-refractivity contribution is -0.724. The highest BCUT2D eigenvalue weighted by molar-refractivity contribution is 5.94. The maximum atomic E-state index is 2.57. The Hall–Kier alpha value is -2.15. The molecule has 1 aromatic heterocycles. The fourth-order valence-corrected chi connectivity index (χ4v) is 5.04. The van der Waals surface area contributed by atoms with E-state index in [2.05, 4.69) is 86.1 Å². The van der Waals surface area contributed by atoms with Crippen molar-refractivity contribution in [3.63, 3.8) is 0 Å². The van der Waals surface area contributed by atoms with Gasteiger partial charge in [0.15, 0.2) is 12.2 Å². The third-order valence-electron chi connectivity index (χ3n) is 6.23. The lowest BCUT2D eigenvalue weighted by atomic mass is 9.65. The maximum absolute atomic E-state index is 2.57. The van der Waals surface area contributed by atoms with Crippen LogP contribution < -0.4 is 4.57 Å². The quantitative estimate of drug-likeness (QED) is 0.536. The van der Waals surface area contributed by atoms with Crippen LogP contribution in [0.2, 0.25) is 0 Å². The van der Waals surface area contributed by atoms with Crippen LogP contribution in [0.5, 0.6) is 0 Å². The Labute approximate surface area is 145 Å². The Morgan fingerprint density at radius 2 is 1.58 bits per heavy atom. The van der Waals surface area contributed by atoms with Crippen molar-refractivity contribution in [2.75, 3.05) is 0 Å². The summed E-state index contributed by atoms with van der Waals surface area (Å²) in [7, 11) is 0. The van der Waals surface area contributed by atoms with Crippen LogP contribution in [-0.4, -0.2) is 0 Å². The van der Waals surface area contributed by atoms with Crippen LogP contribution in [0.3, 0.4) is 0 Å². The second-order valence-corrected chi connectivity index (χ2v) is 6.99. The lowest BCUT2D eigenvalue weighted by Crippen LogP contribution is -2.55. The van der Waals surface area contributed by atoms with Gasteiger partial charge in [-0.05, 0) is 35.9 Å². The Morgan fingerprint density at radius 3 is 2.33 bits per heavy atom. The van der Waals surface area contributed by atoms with E-state index in [4.69, 9.17) is 0 Å².